The van der Waals surface area contributed by atoms with Crippen LogP contribution in [0.4, 0.5) is 4.39 Å². The Balaban J connectivity index is 1.62. The lowest BCUT2D eigenvalue weighted by Crippen LogP contribution is -2.25. The van der Waals surface area contributed by atoms with E-state index in [1.807, 2.05) is 25.1 Å². The summed E-state index contributed by atoms with van der Waals surface area (Å²) in [6, 6.07) is 13.8. The van der Waals surface area contributed by atoms with Crippen molar-refractivity contribution >= 4 is 16.9 Å². The van der Waals surface area contributed by atoms with E-state index in [2.05, 4.69) is 5.32 Å². The van der Waals surface area contributed by atoms with Crippen LogP contribution in [-0.4, -0.2) is 12.5 Å². The lowest BCUT2D eigenvalue weighted by atomic mass is 10.1. The molecular weight excluding hydrogens is 281 g/mol. The SMILES string of the molecule is Cc1ccc2cc(C(=O)NCCc3ccc(F)cc3)oc2c1. The Morgan fingerprint density at radius 3 is 2.68 bits per heavy atom. The van der Waals surface area contributed by atoms with Gasteiger partial charge in [-0.1, -0.05) is 24.3 Å². The lowest BCUT2D eigenvalue weighted by Gasteiger charge is -2.03. The van der Waals surface area contributed by atoms with E-state index in [-0.39, 0.29) is 11.7 Å². The van der Waals surface area contributed by atoms with E-state index in [9.17, 15) is 9.18 Å². The van der Waals surface area contributed by atoms with E-state index in [1.165, 1.54) is 12.1 Å². The van der Waals surface area contributed by atoms with Crippen molar-refractivity contribution in [1.82, 2.24) is 5.32 Å². The van der Waals surface area contributed by atoms with Gasteiger partial charge in [0.1, 0.15) is 11.4 Å². The lowest BCUT2D eigenvalue weighted by molar-refractivity contribution is 0.0928. The number of amides is 1. The Bertz CT molecular complexity index is 806. The molecule has 0 aliphatic carbocycles. The first-order chi connectivity index (χ1) is 10.6. The minimum atomic E-state index is -0.259. The predicted octanol–water partition coefficient (Wildman–Crippen LogP) is 3.85. The first-order valence-electron chi connectivity index (χ1n) is 7.15. The molecule has 4 heteroatoms. The molecule has 22 heavy (non-hydrogen) atoms. The first kappa shape index (κ1) is 14.3. The number of furan rings is 1. The van der Waals surface area contributed by atoms with Gasteiger partial charge in [0.15, 0.2) is 5.76 Å². The monoisotopic (exact) mass is 297 g/mol. The molecule has 1 heterocycles. The van der Waals surface area contributed by atoms with Gasteiger partial charge >= 0.3 is 0 Å². The van der Waals surface area contributed by atoms with Gasteiger partial charge in [-0.15, -0.1) is 0 Å². The van der Waals surface area contributed by atoms with Crippen molar-refractivity contribution in [3.63, 3.8) is 0 Å². The van der Waals surface area contributed by atoms with Crippen LogP contribution in [0.5, 0.6) is 0 Å². The Morgan fingerprint density at radius 2 is 1.91 bits per heavy atom. The third kappa shape index (κ3) is 3.17. The van der Waals surface area contributed by atoms with E-state index in [0.29, 0.717) is 24.3 Å². The molecule has 3 nitrogen and oxygen atoms in total. The fraction of sp³-hybridized carbons (Fsp3) is 0.167. The zero-order chi connectivity index (χ0) is 15.5. The zero-order valence-electron chi connectivity index (χ0n) is 12.2. The number of hydrogen-bond acceptors (Lipinski definition) is 2. The minimum absolute atomic E-state index is 0.240. The molecule has 0 aliphatic rings. The second-order valence-electron chi connectivity index (χ2n) is 5.28. The van der Waals surface area contributed by atoms with Gasteiger partial charge in [-0.05, 0) is 48.7 Å². The van der Waals surface area contributed by atoms with Gasteiger partial charge in [-0.25, -0.2) is 4.39 Å². The van der Waals surface area contributed by atoms with Gasteiger partial charge in [-0.3, -0.25) is 4.79 Å². The van der Waals surface area contributed by atoms with E-state index in [4.69, 9.17) is 4.42 Å². The Kier molecular flexibility index (Phi) is 3.92. The van der Waals surface area contributed by atoms with Crippen molar-refractivity contribution in [2.45, 2.75) is 13.3 Å². The molecule has 112 valence electrons. The average Bonchev–Trinajstić information content (AvgIpc) is 2.92. The highest BCUT2D eigenvalue weighted by molar-refractivity contribution is 5.96. The molecular formula is C18H16FNO2. The summed E-state index contributed by atoms with van der Waals surface area (Å²) in [5.74, 6) is -0.193. The molecule has 0 saturated carbocycles. The Hall–Kier alpha value is -2.62. The fourth-order valence-corrected chi connectivity index (χ4v) is 2.31. The highest BCUT2D eigenvalue weighted by Gasteiger charge is 2.11. The van der Waals surface area contributed by atoms with Crippen molar-refractivity contribution in [1.29, 1.82) is 0 Å². The number of benzene rings is 2. The van der Waals surface area contributed by atoms with E-state index in [0.717, 1.165) is 16.5 Å². The molecule has 0 unspecified atom stereocenters. The van der Waals surface area contributed by atoms with Gasteiger partial charge in [0.2, 0.25) is 0 Å². The fourth-order valence-electron chi connectivity index (χ4n) is 2.31. The normalized spacial score (nSPS) is 10.8. The average molecular weight is 297 g/mol. The van der Waals surface area contributed by atoms with Crippen LogP contribution in [0.15, 0.2) is 52.9 Å². The molecule has 1 amide bonds. The van der Waals surface area contributed by atoms with Crippen LogP contribution in [0.1, 0.15) is 21.7 Å². The van der Waals surface area contributed by atoms with Crippen LogP contribution in [0.3, 0.4) is 0 Å². The molecule has 3 aromatic rings. The number of nitrogens with one attached hydrogen (secondary N) is 1. The van der Waals surface area contributed by atoms with Crippen LogP contribution < -0.4 is 5.32 Å². The molecule has 0 atom stereocenters. The number of rotatable bonds is 4. The van der Waals surface area contributed by atoms with Crippen molar-refractivity contribution < 1.29 is 13.6 Å². The van der Waals surface area contributed by atoms with Crippen LogP contribution in [0.2, 0.25) is 0 Å². The molecule has 1 N–H and O–H groups in total. The first-order valence-corrected chi connectivity index (χ1v) is 7.15. The smallest absolute Gasteiger partial charge is 0.287 e. The summed E-state index contributed by atoms with van der Waals surface area (Å²) in [4.78, 5) is 12.1. The molecule has 0 saturated heterocycles. The highest BCUT2D eigenvalue weighted by atomic mass is 19.1. The second kappa shape index (κ2) is 6.02. The van der Waals surface area contributed by atoms with Gasteiger partial charge in [-0.2, -0.15) is 0 Å². The summed E-state index contributed by atoms with van der Waals surface area (Å²) in [7, 11) is 0. The van der Waals surface area contributed by atoms with Gasteiger partial charge in [0.25, 0.3) is 5.91 Å². The maximum absolute atomic E-state index is 12.8. The summed E-state index contributed by atoms with van der Waals surface area (Å²) in [6.45, 7) is 2.45. The third-order valence-electron chi connectivity index (χ3n) is 3.51. The molecule has 0 fully saturated rings. The Morgan fingerprint density at radius 1 is 1.14 bits per heavy atom. The van der Waals surface area contributed by atoms with E-state index >= 15 is 0 Å². The van der Waals surface area contributed by atoms with Gasteiger partial charge < -0.3 is 9.73 Å². The molecule has 0 spiro atoms. The highest BCUT2D eigenvalue weighted by Crippen LogP contribution is 2.20. The number of carbonyl (C=O) groups excluding carboxylic acids is 1. The topological polar surface area (TPSA) is 42.2 Å². The summed E-state index contributed by atoms with van der Waals surface area (Å²) < 4.78 is 18.4. The molecule has 0 aliphatic heterocycles. The largest absolute Gasteiger partial charge is 0.451 e. The van der Waals surface area contributed by atoms with Crippen LogP contribution >= 0.6 is 0 Å². The predicted molar refractivity (Wildman–Crippen MR) is 83.4 cm³/mol. The van der Waals surface area contributed by atoms with Crippen LogP contribution in [0, 0.1) is 12.7 Å². The number of halogens is 1. The van der Waals surface area contributed by atoms with Gasteiger partial charge in [0, 0.05) is 11.9 Å². The quantitative estimate of drug-likeness (QED) is 0.794. The van der Waals surface area contributed by atoms with E-state index in [1.54, 1.807) is 18.2 Å². The zero-order valence-corrected chi connectivity index (χ0v) is 12.2. The standard InChI is InChI=1S/C18H16FNO2/c1-12-2-5-14-11-17(22-16(14)10-12)18(21)20-9-8-13-3-6-15(19)7-4-13/h2-7,10-11H,8-9H2,1H3,(H,20,21). The Labute approximate surface area is 127 Å². The summed E-state index contributed by atoms with van der Waals surface area (Å²) >= 11 is 0. The summed E-state index contributed by atoms with van der Waals surface area (Å²) in [6.07, 6.45) is 0.644. The second-order valence-corrected chi connectivity index (χ2v) is 5.28. The van der Waals surface area contributed by atoms with Crippen molar-refractivity contribution in [3.8, 4) is 0 Å². The molecule has 2 aromatic carbocycles. The minimum Gasteiger partial charge on any atom is -0.451 e. The molecule has 0 radical (unpaired) electrons. The number of carbonyl (C=O) groups is 1. The van der Waals surface area contributed by atoms with Crippen molar-refractivity contribution in [3.05, 3.63) is 71.2 Å². The molecule has 1 aromatic heterocycles. The van der Waals surface area contributed by atoms with Crippen molar-refractivity contribution in [2.75, 3.05) is 6.54 Å². The molecule has 3 rings (SSSR count). The van der Waals surface area contributed by atoms with Crippen LogP contribution in [0.25, 0.3) is 11.0 Å². The summed E-state index contributed by atoms with van der Waals surface area (Å²) in [5, 5.41) is 3.72. The molecule has 0 bridgehead atoms. The van der Waals surface area contributed by atoms with E-state index < -0.39 is 0 Å². The van der Waals surface area contributed by atoms with Crippen molar-refractivity contribution in [2.24, 2.45) is 0 Å². The maximum Gasteiger partial charge on any atom is 0.287 e. The van der Waals surface area contributed by atoms with Gasteiger partial charge in [0.05, 0.1) is 0 Å². The number of hydrogen-bond donors (Lipinski definition) is 1. The summed E-state index contributed by atoms with van der Waals surface area (Å²) in [5.41, 5.74) is 2.77. The number of fused-ring (bicyclic) bond motifs is 1. The van der Waals surface area contributed by atoms with Crippen LogP contribution in [-0.2, 0) is 6.42 Å². The maximum atomic E-state index is 12.8. The number of aryl methyl sites for hydroxylation is 1. The third-order valence-corrected chi connectivity index (χ3v) is 3.51.